The number of para-hydroxylation sites is 1. The fraction of sp³-hybridized carbons (Fsp3) is 0.278. The van der Waals surface area contributed by atoms with Crippen LogP contribution in [0.15, 0.2) is 42.6 Å². The van der Waals surface area contributed by atoms with Crippen molar-refractivity contribution in [1.29, 1.82) is 5.26 Å². The lowest BCUT2D eigenvalue weighted by atomic mass is 10.1. The lowest BCUT2D eigenvalue weighted by molar-refractivity contribution is -0.119. The number of rotatable bonds is 7. The largest absolute Gasteiger partial charge is 0.495 e. The zero-order chi connectivity index (χ0) is 17.4. The van der Waals surface area contributed by atoms with Crippen LogP contribution in [0.4, 0.5) is 5.82 Å². The summed E-state index contributed by atoms with van der Waals surface area (Å²) in [6.45, 7) is 2.23. The van der Waals surface area contributed by atoms with Crippen molar-refractivity contribution in [3.05, 3.63) is 48.2 Å². The van der Waals surface area contributed by atoms with Gasteiger partial charge in [-0.3, -0.25) is 4.79 Å². The molecule has 2 aromatic rings. The van der Waals surface area contributed by atoms with E-state index < -0.39 is 0 Å². The van der Waals surface area contributed by atoms with Crippen molar-refractivity contribution >= 4 is 11.7 Å². The molecule has 1 amide bonds. The van der Waals surface area contributed by atoms with Gasteiger partial charge in [0, 0.05) is 12.1 Å². The van der Waals surface area contributed by atoms with E-state index in [0.29, 0.717) is 18.8 Å². The van der Waals surface area contributed by atoms with Crippen molar-refractivity contribution in [2.75, 3.05) is 19.0 Å². The lowest BCUT2D eigenvalue weighted by Crippen LogP contribution is -2.23. The lowest BCUT2D eigenvalue weighted by Gasteiger charge is -2.14. The average molecular weight is 325 g/mol. The molecule has 0 spiro atoms. The molecule has 6 nitrogen and oxygen atoms in total. The summed E-state index contributed by atoms with van der Waals surface area (Å²) in [5.74, 6) is 0.851. The van der Waals surface area contributed by atoms with Gasteiger partial charge in [0.05, 0.1) is 13.7 Å². The van der Waals surface area contributed by atoms with Gasteiger partial charge in [-0.05, 0) is 24.6 Å². The number of hydrogen-bond donors (Lipinski definition) is 1. The summed E-state index contributed by atoms with van der Waals surface area (Å²) >= 11 is 0. The van der Waals surface area contributed by atoms with Gasteiger partial charge in [-0.1, -0.05) is 25.1 Å². The first-order valence-corrected chi connectivity index (χ1v) is 7.57. The Morgan fingerprint density at radius 2 is 2.08 bits per heavy atom. The Balaban J connectivity index is 1.91. The van der Waals surface area contributed by atoms with Crippen LogP contribution >= 0.6 is 0 Å². The van der Waals surface area contributed by atoms with Crippen LogP contribution < -0.4 is 14.8 Å². The molecule has 24 heavy (non-hydrogen) atoms. The molecule has 0 aliphatic heterocycles. The molecule has 1 heterocycles. The number of benzene rings is 1. The van der Waals surface area contributed by atoms with Gasteiger partial charge in [0.25, 0.3) is 0 Å². The summed E-state index contributed by atoms with van der Waals surface area (Å²) < 4.78 is 10.7. The van der Waals surface area contributed by atoms with Crippen molar-refractivity contribution in [3.63, 3.8) is 0 Å². The van der Waals surface area contributed by atoms with E-state index >= 15 is 0 Å². The number of nitrogens with zero attached hydrogens (tertiary/aromatic N) is 2. The van der Waals surface area contributed by atoms with Crippen LogP contribution in [0.25, 0.3) is 0 Å². The van der Waals surface area contributed by atoms with Crippen molar-refractivity contribution in [2.24, 2.45) is 5.92 Å². The Morgan fingerprint density at radius 1 is 1.33 bits per heavy atom. The molecule has 0 saturated carbocycles. The van der Waals surface area contributed by atoms with Crippen molar-refractivity contribution in [3.8, 4) is 17.6 Å². The maximum Gasteiger partial charge on any atom is 0.228 e. The van der Waals surface area contributed by atoms with Gasteiger partial charge in [0.2, 0.25) is 5.91 Å². The second-order valence-electron chi connectivity index (χ2n) is 5.19. The minimum absolute atomic E-state index is 0.206. The Morgan fingerprint density at radius 3 is 2.75 bits per heavy atom. The van der Waals surface area contributed by atoms with Crippen LogP contribution in [0, 0.1) is 17.2 Å². The SMILES string of the molecule is COc1ccnc(NC(=O)C(C)CCOc2ccccc2)c1C#N. The van der Waals surface area contributed by atoms with Crippen LogP contribution in [0.1, 0.15) is 18.9 Å². The topological polar surface area (TPSA) is 84.2 Å². The van der Waals surface area contributed by atoms with E-state index in [0.717, 1.165) is 5.75 Å². The predicted octanol–water partition coefficient (Wildman–Crippen LogP) is 3.01. The van der Waals surface area contributed by atoms with Crippen LogP contribution in [-0.2, 0) is 4.79 Å². The number of carbonyl (C=O) groups excluding carboxylic acids is 1. The van der Waals surface area contributed by atoms with Gasteiger partial charge in [-0.15, -0.1) is 0 Å². The summed E-state index contributed by atoms with van der Waals surface area (Å²) in [5.41, 5.74) is 0.209. The predicted molar refractivity (Wildman–Crippen MR) is 89.9 cm³/mol. The van der Waals surface area contributed by atoms with E-state index in [4.69, 9.17) is 9.47 Å². The first kappa shape index (κ1) is 17.3. The van der Waals surface area contributed by atoms with Crippen molar-refractivity contribution in [2.45, 2.75) is 13.3 Å². The van der Waals surface area contributed by atoms with Crippen molar-refractivity contribution < 1.29 is 14.3 Å². The van der Waals surface area contributed by atoms with Gasteiger partial charge in [0.15, 0.2) is 5.82 Å². The first-order valence-electron chi connectivity index (χ1n) is 7.57. The molecule has 1 atom stereocenters. The molecule has 2 rings (SSSR count). The quantitative estimate of drug-likeness (QED) is 0.846. The smallest absolute Gasteiger partial charge is 0.228 e. The van der Waals surface area contributed by atoms with Gasteiger partial charge in [0.1, 0.15) is 23.1 Å². The molecule has 0 radical (unpaired) electrons. The standard InChI is InChI=1S/C18H19N3O3/c1-13(9-11-24-14-6-4-3-5-7-14)18(22)21-17-15(12-19)16(23-2)8-10-20-17/h3-8,10,13H,9,11H2,1-2H3,(H,20,21,22). The number of carbonyl (C=O) groups is 1. The average Bonchev–Trinajstić information content (AvgIpc) is 2.62. The number of amides is 1. The highest BCUT2D eigenvalue weighted by molar-refractivity contribution is 5.92. The highest BCUT2D eigenvalue weighted by Gasteiger charge is 2.17. The number of pyridine rings is 1. The number of anilines is 1. The summed E-state index contributed by atoms with van der Waals surface area (Å²) in [7, 11) is 1.46. The molecule has 0 bridgehead atoms. The Kier molecular flexibility index (Phi) is 6.15. The maximum absolute atomic E-state index is 12.3. The molecule has 6 heteroatoms. The molecular formula is C18H19N3O3. The minimum Gasteiger partial charge on any atom is -0.495 e. The third-order valence-electron chi connectivity index (χ3n) is 3.50. The van der Waals surface area contributed by atoms with Gasteiger partial charge >= 0.3 is 0 Å². The normalized spacial score (nSPS) is 11.2. The van der Waals surface area contributed by atoms with E-state index in [9.17, 15) is 10.1 Å². The van der Waals surface area contributed by atoms with Crippen LogP contribution in [0.2, 0.25) is 0 Å². The molecule has 0 aliphatic rings. The van der Waals surface area contributed by atoms with E-state index in [1.165, 1.54) is 13.3 Å². The highest BCUT2D eigenvalue weighted by Crippen LogP contribution is 2.23. The molecule has 0 aliphatic carbocycles. The van der Waals surface area contributed by atoms with Crippen LogP contribution in [0.5, 0.6) is 11.5 Å². The monoisotopic (exact) mass is 325 g/mol. The van der Waals surface area contributed by atoms with E-state index in [1.807, 2.05) is 36.4 Å². The summed E-state index contributed by atoms with van der Waals surface area (Å²) in [4.78, 5) is 16.3. The Hall–Kier alpha value is -3.07. The Labute approximate surface area is 141 Å². The second kappa shape index (κ2) is 8.53. The second-order valence-corrected chi connectivity index (χ2v) is 5.19. The minimum atomic E-state index is -0.284. The number of hydrogen-bond acceptors (Lipinski definition) is 5. The number of methoxy groups -OCH3 is 1. The van der Waals surface area contributed by atoms with Gasteiger partial charge in [-0.2, -0.15) is 5.26 Å². The fourth-order valence-electron chi connectivity index (χ4n) is 2.06. The molecule has 1 aromatic carbocycles. The fourth-order valence-corrected chi connectivity index (χ4v) is 2.06. The summed E-state index contributed by atoms with van der Waals surface area (Å²) in [6, 6.07) is 13.0. The van der Waals surface area contributed by atoms with Gasteiger partial charge < -0.3 is 14.8 Å². The molecule has 124 valence electrons. The zero-order valence-electron chi connectivity index (χ0n) is 13.7. The summed E-state index contributed by atoms with van der Waals surface area (Å²) in [6.07, 6.45) is 2.03. The number of ether oxygens (including phenoxy) is 2. The highest BCUT2D eigenvalue weighted by atomic mass is 16.5. The van der Waals surface area contributed by atoms with Crippen molar-refractivity contribution in [1.82, 2.24) is 4.98 Å². The van der Waals surface area contributed by atoms with E-state index in [1.54, 1.807) is 13.0 Å². The number of nitriles is 1. The van der Waals surface area contributed by atoms with E-state index in [2.05, 4.69) is 10.3 Å². The maximum atomic E-state index is 12.3. The third kappa shape index (κ3) is 4.46. The zero-order valence-corrected chi connectivity index (χ0v) is 13.7. The molecular weight excluding hydrogens is 306 g/mol. The molecule has 1 N–H and O–H groups in total. The number of nitrogens with one attached hydrogen (secondary N) is 1. The number of aromatic nitrogens is 1. The van der Waals surface area contributed by atoms with Gasteiger partial charge in [-0.25, -0.2) is 4.98 Å². The van der Waals surface area contributed by atoms with Crippen LogP contribution in [0.3, 0.4) is 0 Å². The Bertz CT molecular complexity index is 726. The van der Waals surface area contributed by atoms with E-state index in [-0.39, 0.29) is 23.2 Å². The molecule has 1 aromatic heterocycles. The van der Waals surface area contributed by atoms with Crippen LogP contribution in [-0.4, -0.2) is 24.6 Å². The molecule has 0 fully saturated rings. The first-order chi connectivity index (χ1) is 11.7. The molecule has 0 saturated heterocycles. The summed E-state index contributed by atoms with van der Waals surface area (Å²) in [5, 5.41) is 11.9. The third-order valence-corrected chi connectivity index (χ3v) is 3.50. The molecule has 1 unspecified atom stereocenters.